The van der Waals surface area contributed by atoms with E-state index in [1.54, 1.807) is 10.9 Å². The van der Waals surface area contributed by atoms with Gasteiger partial charge in [0.1, 0.15) is 0 Å². The van der Waals surface area contributed by atoms with Crippen molar-refractivity contribution < 1.29 is 9.90 Å². The number of carboxylic acid groups (broad SMARTS) is 1. The third kappa shape index (κ3) is 1.75. The van der Waals surface area contributed by atoms with E-state index >= 15 is 0 Å². The summed E-state index contributed by atoms with van der Waals surface area (Å²) in [6.45, 7) is 4.14. The molecule has 94 valence electrons. The molecular formula is C13H20N2O2. The molecular weight excluding hydrogens is 216 g/mol. The maximum atomic E-state index is 11.6. The molecule has 4 nitrogen and oxygen atoms in total. The molecule has 2 rings (SSSR count). The Morgan fingerprint density at radius 3 is 2.82 bits per heavy atom. The van der Waals surface area contributed by atoms with E-state index in [-0.39, 0.29) is 11.8 Å². The van der Waals surface area contributed by atoms with E-state index < -0.39 is 11.4 Å². The molecule has 1 N–H and O–H groups in total. The number of rotatable bonds is 5. The number of carbonyl (C=O) groups is 1. The second kappa shape index (κ2) is 4.17. The summed E-state index contributed by atoms with van der Waals surface area (Å²) in [6, 6.07) is 0. The summed E-state index contributed by atoms with van der Waals surface area (Å²) >= 11 is 0. The van der Waals surface area contributed by atoms with Crippen LogP contribution in [0.5, 0.6) is 0 Å². The van der Waals surface area contributed by atoms with Gasteiger partial charge in [-0.1, -0.05) is 26.7 Å². The molecule has 1 saturated carbocycles. The fourth-order valence-electron chi connectivity index (χ4n) is 3.10. The average molecular weight is 236 g/mol. The molecule has 0 aliphatic heterocycles. The van der Waals surface area contributed by atoms with Crippen LogP contribution in [-0.4, -0.2) is 20.9 Å². The van der Waals surface area contributed by atoms with Crippen molar-refractivity contribution in [3.8, 4) is 0 Å². The van der Waals surface area contributed by atoms with Crippen LogP contribution in [0.25, 0.3) is 0 Å². The molecule has 0 bridgehead atoms. The number of aryl methyl sites for hydroxylation is 1. The Kier molecular flexibility index (Phi) is 2.98. The first kappa shape index (κ1) is 12.1. The van der Waals surface area contributed by atoms with E-state index in [0.717, 1.165) is 24.8 Å². The lowest BCUT2D eigenvalue weighted by molar-refractivity contribution is -0.144. The molecule has 1 aliphatic rings. The summed E-state index contributed by atoms with van der Waals surface area (Å²) in [5, 5.41) is 13.7. The summed E-state index contributed by atoms with van der Waals surface area (Å²) < 4.78 is 1.74. The Balaban J connectivity index is 2.22. The van der Waals surface area contributed by atoms with Crippen molar-refractivity contribution >= 4 is 5.97 Å². The van der Waals surface area contributed by atoms with Gasteiger partial charge in [0.25, 0.3) is 0 Å². The highest BCUT2D eigenvalue weighted by Crippen LogP contribution is 2.67. The molecule has 0 amide bonds. The number of aliphatic carboxylic acids is 1. The van der Waals surface area contributed by atoms with Crippen LogP contribution in [0.15, 0.2) is 12.4 Å². The van der Waals surface area contributed by atoms with Crippen molar-refractivity contribution in [1.29, 1.82) is 0 Å². The SMILES string of the molecule is CCCCC1(C(=O)O)C(C)C1c1cnn(C)c1. The van der Waals surface area contributed by atoms with Gasteiger partial charge in [0, 0.05) is 19.2 Å². The molecule has 1 aliphatic carbocycles. The molecule has 4 heteroatoms. The van der Waals surface area contributed by atoms with Gasteiger partial charge in [0.2, 0.25) is 0 Å². The third-order valence-corrected chi connectivity index (χ3v) is 4.18. The standard InChI is InChI=1S/C13H20N2O2/c1-4-5-6-13(12(16)17)9(2)11(13)10-7-14-15(3)8-10/h7-9,11H,4-6H2,1-3H3,(H,16,17). The monoisotopic (exact) mass is 236 g/mol. The average Bonchev–Trinajstić information content (AvgIpc) is 2.64. The smallest absolute Gasteiger partial charge is 0.310 e. The normalized spacial score (nSPS) is 31.5. The van der Waals surface area contributed by atoms with Crippen LogP contribution >= 0.6 is 0 Å². The summed E-state index contributed by atoms with van der Waals surface area (Å²) in [5.74, 6) is -0.289. The fourth-order valence-corrected chi connectivity index (χ4v) is 3.10. The molecule has 0 aromatic carbocycles. The Bertz CT molecular complexity index is 427. The van der Waals surface area contributed by atoms with Gasteiger partial charge < -0.3 is 5.11 Å². The number of nitrogens with zero attached hydrogens (tertiary/aromatic N) is 2. The third-order valence-electron chi connectivity index (χ3n) is 4.18. The van der Waals surface area contributed by atoms with Gasteiger partial charge in [-0.2, -0.15) is 5.10 Å². The highest BCUT2D eigenvalue weighted by molar-refractivity contribution is 5.81. The summed E-state index contributed by atoms with van der Waals surface area (Å²) in [5.41, 5.74) is 0.525. The van der Waals surface area contributed by atoms with Crippen molar-refractivity contribution in [2.75, 3.05) is 0 Å². The maximum absolute atomic E-state index is 11.6. The molecule has 1 fully saturated rings. The van der Waals surface area contributed by atoms with E-state index in [1.807, 2.05) is 20.2 Å². The van der Waals surface area contributed by atoms with Crippen molar-refractivity contribution in [1.82, 2.24) is 9.78 Å². The highest BCUT2D eigenvalue weighted by Gasteiger charge is 2.67. The molecule has 0 radical (unpaired) electrons. The summed E-state index contributed by atoms with van der Waals surface area (Å²) in [4.78, 5) is 11.6. The zero-order valence-electron chi connectivity index (χ0n) is 10.7. The molecule has 0 saturated heterocycles. The van der Waals surface area contributed by atoms with E-state index in [0.29, 0.717) is 0 Å². The Morgan fingerprint density at radius 2 is 2.35 bits per heavy atom. The molecule has 1 aromatic rings. The Labute approximate surface area is 102 Å². The first-order chi connectivity index (χ1) is 8.04. The predicted molar refractivity (Wildman–Crippen MR) is 64.7 cm³/mol. The largest absolute Gasteiger partial charge is 0.481 e. The van der Waals surface area contributed by atoms with Crippen LogP contribution < -0.4 is 0 Å². The second-order valence-corrected chi connectivity index (χ2v) is 5.16. The minimum atomic E-state index is -0.646. The van der Waals surface area contributed by atoms with E-state index in [9.17, 15) is 9.90 Å². The van der Waals surface area contributed by atoms with Crippen molar-refractivity contribution in [3.05, 3.63) is 18.0 Å². The zero-order valence-corrected chi connectivity index (χ0v) is 10.7. The van der Waals surface area contributed by atoms with Crippen LogP contribution in [0, 0.1) is 11.3 Å². The molecule has 17 heavy (non-hydrogen) atoms. The molecule has 0 spiro atoms. The number of carboxylic acids is 1. The van der Waals surface area contributed by atoms with Crippen LogP contribution in [0.4, 0.5) is 0 Å². The van der Waals surface area contributed by atoms with Crippen molar-refractivity contribution in [3.63, 3.8) is 0 Å². The minimum absolute atomic E-state index is 0.139. The van der Waals surface area contributed by atoms with Crippen LogP contribution in [0.1, 0.15) is 44.6 Å². The fraction of sp³-hybridized carbons (Fsp3) is 0.692. The molecule has 1 heterocycles. The first-order valence-corrected chi connectivity index (χ1v) is 6.26. The van der Waals surface area contributed by atoms with E-state index in [2.05, 4.69) is 12.0 Å². The van der Waals surface area contributed by atoms with Crippen LogP contribution in [-0.2, 0) is 11.8 Å². The maximum Gasteiger partial charge on any atom is 0.310 e. The lowest BCUT2D eigenvalue weighted by Gasteiger charge is -2.11. The second-order valence-electron chi connectivity index (χ2n) is 5.16. The zero-order chi connectivity index (χ0) is 12.6. The van der Waals surface area contributed by atoms with Gasteiger partial charge in [-0.25, -0.2) is 0 Å². The summed E-state index contributed by atoms with van der Waals surface area (Å²) in [7, 11) is 1.87. The van der Waals surface area contributed by atoms with Gasteiger partial charge in [-0.3, -0.25) is 9.48 Å². The lowest BCUT2D eigenvalue weighted by Crippen LogP contribution is -2.18. The molecule has 1 aromatic heterocycles. The summed E-state index contributed by atoms with van der Waals surface area (Å²) in [6.07, 6.45) is 6.55. The van der Waals surface area contributed by atoms with Gasteiger partial charge >= 0.3 is 5.97 Å². The topological polar surface area (TPSA) is 55.1 Å². The molecule has 3 unspecified atom stereocenters. The highest BCUT2D eigenvalue weighted by atomic mass is 16.4. The van der Waals surface area contributed by atoms with Crippen molar-refractivity contribution in [2.24, 2.45) is 18.4 Å². The van der Waals surface area contributed by atoms with Gasteiger partial charge in [-0.05, 0) is 17.9 Å². The molecule has 3 atom stereocenters. The first-order valence-electron chi connectivity index (χ1n) is 6.26. The van der Waals surface area contributed by atoms with Gasteiger partial charge in [-0.15, -0.1) is 0 Å². The van der Waals surface area contributed by atoms with Gasteiger partial charge in [0.05, 0.1) is 11.6 Å². The minimum Gasteiger partial charge on any atom is -0.481 e. The van der Waals surface area contributed by atoms with Gasteiger partial charge in [0.15, 0.2) is 0 Å². The number of hydrogen-bond donors (Lipinski definition) is 1. The lowest BCUT2D eigenvalue weighted by atomic mass is 9.93. The Hall–Kier alpha value is -1.32. The van der Waals surface area contributed by atoms with E-state index in [1.165, 1.54) is 0 Å². The predicted octanol–water partition coefficient (Wildman–Crippen LogP) is 2.41. The number of unbranched alkanes of at least 4 members (excludes halogenated alkanes) is 1. The number of aromatic nitrogens is 2. The Morgan fingerprint density at radius 1 is 1.65 bits per heavy atom. The van der Waals surface area contributed by atoms with Crippen LogP contribution in [0.2, 0.25) is 0 Å². The van der Waals surface area contributed by atoms with Crippen LogP contribution in [0.3, 0.4) is 0 Å². The van der Waals surface area contributed by atoms with E-state index in [4.69, 9.17) is 0 Å². The number of hydrogen-bond acceptors (Lipinski definition) is 2. The quantitative estimate of drug-likeness (QED) is 0.854. The van der Waals surface area contributed by atoms with Crippen molar-refractivity contribution in [2.45, 2.75) is 39.0 Å².